The molecule has 0 amide bonds. The molecular formula is C20H20F3NO3. The number of hydrogen-bond donors (Lipinski definition) is 0. The van der Waals surface area contributed by atoms with Gasteiger partial charge in [-0.05, 0) is 18.1 Å². The van der Waals surface area contributed by atoms with E-state index in [1.54, 1.807) is 43.3 Å². The number of alkyl halides is 3. The number of nitrogens with zero attached hydrogens (tertiary/aromatic N) is 1. The minimum absolute atomic E-state index is 0.0245. The molecule has 0 saturated carbocycles. The molecule has 27 heavy (non-hydrogen) atoms. The van der Waals surface area contributed by atoms with Gasteiger partial charge in [-0.1, -0.05) is 60.7 Å². The van der Waals surface area contributed by atoms with E-state index in [1.165, 1.54) is 31.3 Å². The van der Waals surface area contributed by atoms with Gasteiger partial charge in [0.15, 0.2) is 0 Å². The van der Waals surface area contributed by atoms with Crippen molar-refractivity contribution in [2.45, 2.75) is 24.7 Å². The van der Waals surface area contributed by atoms with Crippen LogP contribution in [0.2, 0.25) is 0 Å². The highest BCUT2D eigenvalue weighted by Gasteiger charge is 2.72. The van der Waals surface area contributed by atoms with Gasteiger partial charge in [0.1, 0.15) is 5.92 Å². The first kappa shape index (κ1) is 19.4. The summed E-state index contributed by atoms with van der Waals surface area (Å²) in [7, 11) is 1.40. The van der Waals surface area contributed by atoms with E-state index in [0.717, 1.165) is 5.06 Å². The number of carbonyl (C=O) groups is 1. The van der Waals surface area contributed by atoms with E-state index < -0.39 is 29.7 Å². The Balaban J connectivity index is 2.24. The predicted octanol–water partition coefficient (Wildman–Crippen LogP) is 4.24. The molecule has 3 rings (SSSR count). The summed E-state index contributed by atoms with van der Waals surface area (Å²) in [5, 5.41) is 1.11. The topological polar surface area (TPSA) is 38.8 Å². The third-order valence-electron chi connectivity index (χ3n) is 4.74. The summed E-state index contributed by atoms with van der Waals surface area (Å²) in [6, 6.07) is 14.8. The summed E-state index contributed by atoms with van der Waals surface area (Å²) in [6.45, 7) is 1.54. The number of hydrogen-bond acceptors (Lipinski definition) is 4. The molecule has 2 aromatic rings. The summed E-state index contributed by atoms with van der Waals surface area (Å²) < 4.78 is 48.4. The number of rotatable bonds is 4. The third-order valence-corrected chi connectivity index (χ3v) is 4.74. The Morgan fingerprint density at radius 1 is 1.11 bits per heavy atom. The summed E-state index contributed by atoms with van der Waals surface area (Å²) >= 11 is 0. The second-order valence-corrected chi connectivity index (χ2v) is 6.32. The number of esters is 1. The number of ether oxygens (including phenoxy) is 1. The average Bonchev–Trinajstić information content (AvgIpc) is 2.97. The van der Waals surface area contributed by atoms with Crippen LogP contribution in [0.5, 0.6) is 0 Å². The first-order chi connectivity index (χ1) is 12.8. The van der Waals surface area contributed by atoms with Gasteiger partial charge in [-0.2, -0.15) is 18.2 Å². The van der Waals surface area contributed by atoms with Gasteiger partial charge in [0, 0.05) is 7.05 Å². The van der Waals surface area contributed by atoms with E-state index in [4.69, 9.17) is 9.57 Å². The Bertz CT molecular complexity index is 782. The number of benzene rings is 2. The Kier molecular flexibility index (Phi) is 5.26. The van der Waals surface area contributed by atoms with Gasteiger partial charge >= 0.3 is 12.1 Å². The second-order valence-electron chi connectivity index (χ2n) is 6.32. The lowest BCUT2D eigenvalue weighted by Gasteiger charge is -2.35. The van der Waals surface area contributed by atoms with Gasteiger partial charge in [-0.3, -0.25) is 9.63 Å². The molecule has 2 aromatic carbocycles. The normalized spacial score (nSPS) is 26.1. The van der Waals surface area contributed by atoms with E-state index >= 15 is 0 Å². The monoisotopic (exact) mass is 379 g/mol. The molecule has 0 spiro atoms. The minimum atomic E-state index is -4.84. The first-order valence-electron chi connectivity index (χ1n) is 8.58. The number of halogens is 3. The van der Waals surface area contributed by atoms with Gasteiger partial charge in [-0.25, -0.2) is 0 Å². The van der Waals surface area contributed by atoms with Gasteiger partial charge in [0.05, 0.1) is 12.6 Å². The SMILES string of the molecule is CCOC(=O)[C@@H]1[C@H](c2ccccc2)N(C)O[C@@]1(c1ccccc1)C(F)(F)F. The Hall–Kier alpha value is -2.38. The smallest absolute Gasteiger partial charge is 0.424 e. The van der Waals surface area contributed by atoms with Crippen molar-refractivity contribution in [3.63, 3.8) is 0 Å². The second kappa shape index (κ2) is 7.32. The van der Waals surface area contributed by atoms with Crippen molar-refractivity contribution in [3.8, 4) is 0 Å². The predicted molar refractivity (Wildman–Crippen MR) is 92.3 cm³/mol. The molecule has 1 fully saturated rings. The molecule has 7 heteroatoms. The lowest BCUT2D eigenvalue weighted by molar-refractivity contribution is -0.329. The van der Waals surface area contributed by atoms with Crippen LogP contribution in [0.1, 0.15) is 24.1 Å². The van der Waals surface area contributed by atoms with Gasteiger partial charge in [0.2, 0.25) is 5.60 Å². The lowest BCUT2D eigenvalue weighted by atomic mass is 9.75. The van der Waals surface area contributed by atoms with Crippen molar-refractivity contribution in [2.24, 2.45) is 5.92 Å². The standard InChI is InChI=1S/C20H20F3NO3/c1-3-26-18(25)16-17(14-10-6-4-7-11-14)24(2)27-19(16,20(21,22)23)15-12-8-5-9-13-15/h4-13,16-17H,3H2,1-2H3/t16-,17-,19+/m0/s1. The molecule has 1 aliphatic rings. The highest BCUT2D eigenvalue weighted by atomic mass is 19.4. The van der Waals surface area contributed by atoms with Crippen LogP contribution in [0.4, 0.5) is 13.2 Å². The van der Waals surface area contributed by atoms with Crippen LogP contribution in [-0.4, -0.2) is 30.9 Å². The molecule has 0 radical (unpaired) electrons. The maximum absolute atomic E-state index is 14.5. The molecule has 0 N–H and O–H groups in total. The Morgan fingerprint density at radius 3 is 2.19 bits per heavy atom. The van der Waals surface area contributed by atoms with Crippen LogP contribution in [0.3, 0.4) is 0 Å². The van der Waals surface area contributed by atoms with Crippen LogP contribution in [0.15, 0.2) is 60.7 Å². The minimum Gasteiger partial charge on any atom is -0.466 e. The summed E-state index contributed by atoms with van der Waals surface area (Å²) in [5.41, 5.74) is -2.43. The molecule has 0 bridgehead atoms. The average molecular weight is 379 g/mol. The van der Waals surface area contributed by atoms with Crippen molar-refractivity contribution in [2.75, 3.05) is 13.7 Å². The third kappa shape index (κ3) is 3.21. The van der Waals surface area contributed by atoms with Crippen LogP contribution in [-0.2, 0) is 20.0 Å². The molecule has 1 heterocycles. The molecule has 4 nitrogen and oxygen atoms in total. The molecule has 3 atom stereocenters. The van der Waals surface area contributed by atoms with E-state index in [1.807, 2.05) is 0 Å². The molecule has 0 aromatic heterocycles. The Morgan fingerprint density at radius 2 is 1.67 bits per heavy atom. The van der Waals surface area contributed by atoms with Gasteiger partial charge < -0.3 is 4.74 Å². The molecule has 0 aliphatic carbocycles. The molecule has 1 aliphatic heterocycles. The maximum Gasteiger partial charge on any atom is 0.424 e. The van der Waals surface area contributed by atoms with E-state index in [9.17, 15) is 18.0 Å². The van der Waals surface area contributed by atoms with Crippen molar-refractivity contribution >= 4 is 5.97 Å². The molecule has 0 unspecified atom stereocenters. The van der Waals surface area contributed by atoms with Crippen LogP contribution in [0, 0.1) is 5.92 Å². The summed E-state index contributed by atoms with van der Waals surface area (Å²) in [4.78, 5) is 18.2. The van der Waals surface area contributed by atoms with Crippen molar-refractivity contribution < 1.29 is 27.5 Å². The fraction of sp³-hybridized carbons (Fsp3) is 0.350. The number of hydroxylamine groups is 2. The first-order valence-corrected chi connectivity index (χ1v) is 8.58. The van der Waals surface area contributed by atoms with Crippen LogP contribution < -0.4 is 0 Å². The quantitative estimate of drug-likeness (QED) is 0.745. The molecular weight excluding hydrogens is 359 g/mol. The highest BCUT2D eigenvalue weighted by Crippen LogP contribution is 2.58. The highest BCUT2D eigenvalue weighted by molar-refractivity contribution is 5.76. The van der Waals surface area contributed by atoms with E-state index in [-0.39, 0.29) is 12.2 Å². The zero-order valence-electron chi connectivity index (χ0n) is 14.9. The van der Waals surface area contributed by atoms with E-state index in [0.29, 0.717) is 5.56 Å². The molecule has 1 saturated heterocycles. The largest absolute Gasteiger partial charge is 0.466 e. The maximum atomic E-state index is 14.5. The lowest BCUT2D eigenvalue weighted by Crippen LogP contribution is -2.51. The fourth-order valence-corrected chi connectivity index (χ4v) is 3.66. The zero-order valence-corrected chi connectivity index (χ0v) is 14.9. The number of carbonyl (C=O) groups excluding carboxylic acids is 1. The van der Waals surface area contributed by atoms with E-state index in [2.05, 4.69) is 0 Å². The van der Waals surface area contributed by atoms with Crippen molar-refractivity contribution in [1.29, 1.82) is 0 Å². The Labute approximate surface area is 155 Å². The summed E-state index contributed by atoms with van der Waals surface area (Å²) in [6.07, 6.45) is -4.84. The van der Waals surface area contributed by atoms with Crippen LogP contribution >= 0.6 is 0 Å². The summed E-state index contributed by atoms with van der Waals surface area (Å²) in [5.74, 6) is -2.57. The fourth-order valence-electron chi connectivity index (χ4n) is 3.66. The van der Waals surface area contributed by atoms with Gasteiger partial charge in [0.25, 0.3) is 0 Å². The van der Waals surface area contributed by atoms with Crippen molar-refractivity contribution in [3.05, 3.63) is 71.8 Å². The molecule has 144 valence electrons. The zero-order chi connectivity index (χ0) is 19.7. The van der Waals surface area contributed by atoms with Crippen LogP contribution in [0.25, 0.3) is 0 Å². The van der Waals surface area contributed by atoms with Gasteiger partial charge in [-0.15, -0.1) is 0 Å². The van der Waals surface area contributed by atoms with Crippen molar-refractivity contribution in [1.82, 2.24) is 5.06 Å².